The first-order chi connectivity index (χ1) is 8.71. The van der Waals surface area contributed by atoms with E-state index < -0.39 is 11.5 Å². The van der Waals surface area contributed by atoms with Gasteiger partial charge in [0.2, 0.25) is 0 Å². The molecule has 1 fully saturated rings. The third-order valence-corrected chi connectivity index (χ3v) is 3.35. The Bertz CT molecular complexity index is 344. The fraction of sp³-hybridized carbons (Fsp3) is 0.846. The second-order valence-electron chi connectivity index (χ2n) is 6.04. The van der Waals surface area contributed by atoms with E-state index in [1.54, 1.807) is 18.7 Å². The van der Waals surface area contributed by atoms with Crippen LogP contribution in [0.15, 0.2) is 0 Å². The Labute approximate surface area is 114 Å². The van der Waals surface area contributed by atoms with Crippen LogP contribution in [0.3, 0.4) is 0 Å². The number of amides is 2. The van der Waals surface area contributed by atoms with Crippen molar-refractivity contribution in [3.63, 3.8) is 0 Å². The minimum Gasteiger partial charge on any atom is -0.481 e. The third-order valence-electron chi connectivity index (χ3n) is 3.35. The standard InChI is InChI=1S/C13H25N3O3/c1-10-9-15(4)6-5-7-16(10)12(19)14-13(2,3)8-11(17)18/h10H,5-9H2,1-4H3,(H,14,19)(H,17,18). The molecule has 6 heteroatoms. The van der Waals surface area contributed by atoms with Crippen LogP contribution in [0.25, 0.3) is 0 Å². The van der Waals surface area contributed by atoms with Crippen LogP contribution >= 0.6 is 0 Å². The number of rotatable bonds is 3. The first kappa shape index (κ1) is 15.8. The maximum Gasteiger partial charge on any atom is 0.318 e. The molecule has 1 rings (SSSR count). The minimum absolute atomic E-state index is 0.0825. The zero-order chi connectivity index (χ0) is 14.6. The second-order valence-corrected chi connectivity index (χ2v) is 6.04. The topological polar surface area (TPSA) is 72.9 Å². The van der Waals surface area contributed by atoms with Gasteiger partial charge in [0.1, 0.15) is 0 Å². The van der Waals surface area contributed by atoms with Gasteiger partial charge in [-0.2, -0.15) is 0 Å². The fourth-order valence-corrected chi connectivity index (χ4v) is 2.46. The average Bonchev–Trinajstić information content (AvgIpc) is 2.35. The smallest absolute Gasteiger partial charge is 0.318 e. The Morgan fingerprint density at radius 2 is 2.00 bits per heavy atom. The maximum atomic E-state index is 12.3. The predicted octanol–water partition coefficient (Wildman–Crippen LogP) is 0.975. The summed E-state index contributed by atoms with van der Waals surface area (Å²) < 4.78 is 0. The Morgan fingerprint density at radius 3 is 2.58 bits per heavy atom. The first-order valence-corrected chi connectivity index (χ1v) is 6.70. The van der Waals surface area contributed by atoms with Crippen molar-refractivity contribution in [1.29, 1.82) is 0 Å². The molecule has 0 aromatic rings. The van der Waals surface area contributed by atoms with E-state index in [1.807, 2.05) is 14.0 Å². The Hall–Kier alpha value is -1.30. The van der Waals surface area contributed by atoms with Gasteiger partial charge in [-0.05, 0) is 40.8 Å². The monoisotopic (exact) mass is 271 g/mol. The van der Waals surface area contributed by atoms with Gasteiger partial charge in [-0.25, -0.2) is 4.79 Å². The van der Waals surface area contributed by atoms with Crippen LogP contribution in [0, 0.1) is 0 Å². The van der Waals surface area contributed by atoms with E-state index in [2.05, 4.69) is 10.2 Å². The van der Waals surface area contributed by atoms with Crippen molar-refractivity contribution in [2.24, 2.45) is 0 Å². The Balaban J connectivity index is 2.63. The molecule has 1 unspecified atom stereocenters. The molecule has 1 atom stereocenters. The summed E-state index contributed by atoms with van der Waals surface area (Å²) >= 11 is 0. The van der Waals surface area contributed by atoms with Gasteiger partial charge in [-0.15, -0.1) is 0 Å². The summed E-state index contributed by atoms with van der Waals surface area (Å²) in [5.41, 5.74) is -0.735. The SMILES string of the molecule is CC1CN(C)CCCN1C(=O)NC(C)(C)CC(=O)O. The lowest BCUT2D eigenvalue weighted by atomic mass is 10.0. The van der Waals surface area contributed by atoms with Crippen molar-refractivity contribution in [2.45, 2.75) is 45.2 Å². The molecular formula is C13H25N3O3. The number of nitrogens with one attached hydrogen (secondary N) is 1. The van der Waals surface area contributed by atoms with Crippen LogP contribution in [-0.2, 0) is 4.79 Å². The quantitative estimate of drug-likeness (QED) is 0.802. The number of likely N-dealkylation sites (N-methyl/N-ethyl adjacent to an activating group) is 1. The normalized spacial score (nSPS) is 21.9. The van der Waals surface area contributed by atoms with Gasteiger partial charge in [-0.3, -0.25) is 4.79 Å². The summed E-state index contributed by atoms with van der Waals surface area (Å²) in [7, 11) is 2.05. The fourth-order valence-electron chi connectivity index (χ4n) is 2.46. The number of urea groups is 1. The third kappa shape index (κ3) is 5.06. The highest BCUT2D eigenvalue weighted by Crippen LogP contribution is 2.13. The molecule has 0 saturated carbocycles. The zero-order valence-electron chi connectivity index (χ0n) is 12.3. The number of carbonyl (C=O) groups excluding carboxylic acids is 1. The molecule has 110 valence electrons. The van der Waals surface area contributed by atoms with Crippen molar-refractivity contribution in [2.75, 3.05) is 26.7 Å². The molecular weight excluding hydrogens is 246 g/mol. The number of nitrogens with zero attached hydrogens (tertiary/aromatic N) is 2. The molecule has 1 aliphatic rings. The van der Waals surface area contributed by atoms with Gasteiger partial charge in [0.15, 0.2) is 0 Å². The van der Waals surface area contributed by atoms with Crippen molar-refractivity contribution < 1.29 is 14.7 Å². The first-order valence-electron chi connectivity index (χ1n) is 6.70. The summed E-state index contributed by atoms with van der Waals surface area (Å²) in [5.74, 6) is -0.908. The van der Waals surface area contributed by atoms with E-state index in [0.717, 1.165) is 19.5 Å². The Kier molecular flexibility index (Phi) is 5.17. The Morgan fingerprint density at radius 1 is 1.37 bits per heavy atom. The lowest BCUT2D eigenvalue weighted by molar-refractivity contribution is -0.138. The van der Waals surface area contributed by atoms with Crippen molar-refractivity contribution in [1.82, 2.24) is 15.1 Å². The second kappa shape index (κ2) is 6.23. The van der Waals surface area contributed by atoms with Crippen molar-refractivity contribution in [3.8, 4) is 0 Å². The molecule has 2 N–H and O–H groups in total. The van der Waals surface area contributed by atoms with E-state index in [4.69, 9.17) is 5.11 Å². The summed E-state index contributed by atoms with van der Waals surface area (Å²) in [6, 6.07) is -0.0396. The number of aliphatic carboxylic acids is 1. The highest BCUT2D eigenvalue weighted by atomic mass is 16.4. The van der Waals surface area contributed by atoms with Crippen molar-refractivity contribution in [3.05, 3.63) is 0 Å². The van der Waals surface area contributed by atoms with Crippen LogP contribution in [-0.4, -0.2) is 65.2 Å². The van der Waals surface area contributed by atoms with Gasteiger partial charge >= 0.3 is 12.0 Å². The number of hydrogen-bond donors (Lipinski definition) is 2. The minimum atomic E-state index is -0.908. The molecule has 0 aromatic heterocycles. The molecule has 0 spiro atoms. The number of carboxylic acid groups (broad SMARTS) is 1. The lowest BCUT2D eigenvalue weighted by Gasteiger charge is -2.32. The summed E-state index contributed by atoms with van der Waals surface area (Å²) in [6.07, 6.45) is 0.856. The molecule has 0 radical (unpaired) electrons. The summed E-state index contributed by atoms with van der Waals surface area (Å²) in [4.78, 5) is 27.0. The van der Waals surface area contributed by atoms with Crippen LogP contribution in [0.4, 0.5) is 4.79 Å². The van der Waals surface area contributed by atoms with E-state index in [0.29, 0.717) is 6.54 Å². The molecule has 1 saturated heterocycles. The summed E-state index contributed by atoms with van der Waals surface area (Å²) in [6.45, 7) is 8.01. The van der Waals surface area contributed by atoms with E-state index in [-0.39, 0.29) is 18.5 Å². The zero-order valence-corrected chi connectivity index (χ0v) is 12.3. The number of carboxylic acids is 1. The van der Waals surface area contributed by atoms with Gasteiger partial charge in [0.25, 0.3) is 0 Å². The van der Waals surface area contributed by atoms with Crippen LogP contribution in [0.2, 0.25) is 0 Å². The van der Waals surface area contributed by atoms with Crippen LogP contribution in [0.1, 0.15) is 33.6 Å². The molecule has 2 amide bonds. The van der Waals surface area contributed by atoms with Gasteiger partial charge in [-0.1, -0.05) is 0 Å². The molecule has 0 aromatic carbocycles. The maximum absolute atomic E-state index is 12.3. The average molecular weight is 271 g/mol. The van der Waals surface area contributed by atoms with Gasteiger partial charge in [0.05, 0.1) is 6.42 Å². The number of carbonyl (C=O) groups is 2. The van der Waals surface area contributed by atoms with Crippen LogP contribution < -0.4 is 5.32 Å². The largest absolute Gasteiger partial charge is 0.481 e. The number of hydrogen-bond acceptors (Lipinski definition) is 3. The molecule has 19 heavy (non-hydrogen) atoms. The summed E-state index contributed by atoms with van der Waals surface area (Å²) in [5, 5.41) is 11.7. The van der Waals surface area contributed by atoms with Gasteiger partial charge < -0.3 is 20.2 Å². The molecule has 1 heterocycles. The lowest BCUT2D eigenvalue weighted by Crippen LogP contribution is -2.54. The van der Waals surface area contributed by atoms with Gasteiger partial charge in [0, 0.05) is 24.7 Å². The van der Waals surface area contributed by atoms with Crippen molar-refractivity contribution >= 4 is 12.0 Å². The molecule has 0 aliphatic carbocycles. The van der Waals surface area contributed by atoms with E-state index in [1.165, 1.54) is 0 Å². The molecule has 0 bridgehead atoms. The molecule has 1 aliphatic heterocycles. The highest BCUT2D eigenvalue weighted by molar-refractivity contribution is 5.77. The molecule has 6 nitrogen and oxygen atoms in total. The highest BCUT2D eigenvalue weighted by Gasteiger charge is 2.29. The van der Waals surface area contributed by atoms with E-state index in [9.17, 15) is 9.59 Å². The van der Waals surface area contributed by atoms with E-state index >= 15 is 0 Å². The predicted molar refractivity (Wildman–Crippen MR) is 73.1 cm³/mol. The van der Waals surface area contributed by atoms with Crippen LogP contribution in [0.5, 0.6) is 0 Å².